The van der Waals surface area contributed by atoms with Gasteiger partial charge >= 0.3 is 6.03 Å². The lowest BCUT2D eigenvalue weighted by Gasteiger charge is -2.30. The summed E-state index contributed by atoms with van der Waals surface area (Å²) in [5.74, 6) is 0.863. The number of hydrogen-bond donors (Lipinski definition) is 1. The van der Waals surface area contributed by atoms with Crippen LogP contribution in [0.2, 0.25) is 0 Å². The molecule has 0 radical (unpaired) electrons. The summed E-state index contributed by atoms with van der Waals surface area (Å²) in [5, 5.41) is 3.00. The van der Waals surface area contributed by atoms with Gasteiger partial charge in [-0.1, -0.05) is 12.8 Å². The monoisotopic (exact) mass is 339 g/mol. The van der Waals surface area contributed by atoms with Gasteiger partial charge in [0, 0.05) is 33.0 Å². The van der Waals surface area contributed by atoms with Gasteiger partial charge in [-0.2, -0.15) is 0 Å². The third-order valence-corrected chi connectivity index (χ3v) is 4.56. The summed E-state index contributed by atoms with van der Waals surface area (Å²) in [4.78, 5) is 25.2. The topological polar surface area (TPSA) is 61.4 Å². The van der Waals surface area contributed by atoms with Crippen LogP contribution in [0.25, 0.3) is 0 Å². The fourth-order valence-electron chi connectivity index (χ4n) is 3.20. The zero-order valence-electron chi connectivity index (χ0n) is 14.9. The number of hydrogen-bond acceptors (Lipinski definition) is 4. The van der Waals surface area contributed by atoms with E-state index in [-0.39, 0.29) is 12.1 Å². The number of carbonyl (C=O) groups is 1. The van der Waals surface area contributed by atoms with Crippen molar-refractivity contribution in [2.24, 2.45) is 0 Å². The molecule has 2 amide bonds. The van der Waals surface area contributed by atoms with Crippen molar-refractivity contribution in [3.8, 4) is 0 Å². The predicted molar refractivity (Wildman–Crippen MR) is 99.7 cm³/mol. The lowest BCUT2D eigenvalue weighted by atomic mass is 10.0. The van der Waals surface area contributed by atoms with Gasteiger partial charge < -0.3 is 15.1 Å². The maximum absolute atomic E-state index is 12.9. The molecule has 0 aromatic carbocycles. The standard InChI is InChI=1S/C19H25N5O/c1-23(2)18-8-7-16(14-21-18)22-19(25)24-13-5-3-4-6-17(24)15-9-11-20-12-10-15/h7-12,14,17H,3-6,13H2,1-2H3,(H,22,25)/t17-/m1/s1. The van der Waals surface area contributed by atoms with Crippen LogP contribution < -0.4 is 10.2 Å². The SMILES string of the molecule is CN(C)c1ccc(NC(=O)N2CCCCC[C@@H]2c2ccncc2)cn1. The highest BCUT2D eigenvalue weighted by Gasteiger charge is 2.26. The number of rotatable bonds is 3. The minimum Gasteiger partial charge on any atom is -0.363 e. The fraction of sp³-hybridized carbons (Fsp3) is 0.421. The molecule has 132 valence electrons. The average molecular weight is 339 g/mol. The predicted octanol–water partition coefficient (Wildman–Crippen LogP) is 3.69. The van der Waals surface area contributed by atoms with E-state index in [9.17, 15) is 4.79 Å². The van der Waals surface area contributed by atoms with Gasteiger partial charge in [-0.3, -0.25) is 4.98 Å². The van der Waals surface area contributed by atoms with Crippen LogP contribution >= 0.6 is 0 Å². The molecule has 1 N–H and O–H groups in total. The lowest BCUT2D eigenvalue weighted by molar-refractivity contribution is 0.189. The zero-order valence-corrected chi connectivity index (χ0v) is 14.9. The van der Waals surface area contributed by atoms with E-state index in [1.165, 1.54) is 0 Å². The van der Waals surface area contributed by atoms with Crippen molar-refractivity contribution >= 4 is 17.5 Å². The van der Waals surface area contributed by atoms with Gasteiger partial charge in [0.15, 0.2) is 0 Å². The van der Waals surface area contributed by atoms with Crippen molar-refractivity contribution < 1.29 is 4.79 Å². The Balaban J connectivity index is 1.75. The molecule has 6 heteroatoms. The van der Waals surface area contributed by atoms with E-state index in [1.54, 1.807) is 18.6 Å². The second kappa shape index (κ2) is 7.96. The second-order valence-electron chi connectivity index (χ2n) is 6.57. The smallest absolute Gasteiger partial charge is 0.322 e. The van der Waals surface area contributed by atoms with E-state index in [1.807, 2.05) is 48.2 Å². The number of anilines is 2. The Morgan fingerprint density at radius 2 is 1.96 bits per heavy atom. The minimum absolute atomic E-state index is 0.0666. The van der Waals surface area contributed by atoms with Crippen LogP contribution in [0.3, 0.4) is 0 Å². The second-order valence-corrected chi connectivity index (χ2v) is 6.57. The van der Waals surface area contributed by atoms with Crippen LogP contribution in [-0.2, 0) is 0 Å². The van der Waals surface area contributed by atoms with Crippen molar-refractivity contribution in [1.29, 1.82) is 0 Å². The number of pyridine rings is 2. The van der Waals surface area contributed by atoms with Crippen molar-refractivity contribution in [3.05, 3.63) is 48.4 Å². The van der Waals surface area contributed by atoms with Gasteiger partial charge in [0.25, 0.3) is 0 Å². The van der Waals surface area contributed by atoms with Gasteiger partial charge in [-0.15, -0.1) is 0 Å². The quantitative estimate of drug-likeness (QED) is 0.926. The lowest BCUT2D eigenvalue weighted by Crippen LogP contribution is -2.38. The summed E-state index contributed by atoms with van der Waals surface area (Å²) >= 11 is 0. The third kappa shape index (κ3) is 4.26. The van der Waals surface area contributed by atoms with E-state index < -0.39 is 0 Å². The Kier molecular flexibility index (Phi) is 5.48. The summed E-state index contributed by atoms with van der Waals surface area (Å²) in [6.07, 6.45) is 9.59. The van der Waals surface area contributed by atoms with E-state index >= 15 is 0 Å². The molecule has 6 nitrogen and oxygen atoms in total. The van der Waals surface area contributed by atoms with Gasteiger partial charge in [-0.05, 0) is 42.7 Å². The molecule has 0 saturated carbocycles. The van der Waals surface area contributed by atoms with Crippen LogP contribution in [0, 0.1) is 0 Å². The molecular formula is C19H25N5O. The number of likely N-dealkylation sites (tertiary alicyclic amines) is 1. The molecule has 0 bridgehead atoms. The Hall–Kier alpha value is -2.63. The molecule has 3 rings (SSSR count). The molecule has 1 saturated heterocycles. The Morgan fingerprint density at radius 3 is 2.64 bits per heavy atom. The summed E-state index contributed by atoms with van der Waals surface area (Å²) in [6, 6.07) is 7.83. The highest BCUT2D eigenvalue weighted by molar-refractivity contribution is 5.89. The number of urea groups is 1. The van der Waals surface area contributed by atoms with Crippen LogP contribution in [-0.4, -0.2) is 41.5 Å². The largest absolute Gasteiger partial charge is 0.363 e. The number of aromatic nitrogens is 2. The molecule has 1 atom stereocenters. The normalized spacial score (nSPS) is 17.7. The summed E-state index contributed by atoms with van der Waals surface area (Å²) in [7, 11) is 3.88. The molecule has 2 aromatic rings. The number of amides is 2. The van der Waals surface area contributed by atoms with Crippen molar-refractivity contribution in [3.63, 3.8) is 0 Å². The maximum Gasteiger partial charge on any atom is 0.322 e. The molecule has 0 unspecified atom stereocenters. The Labute approximate surface area is 148 Å². The number of nitrogens with one attached hydrogen (secondary N) is 1. The summed E-state index contributed by atoms with van der Waals surface area (Å²) in [5.41, 5.74) is 1.86. The van der Waals surface area contributed by atoms with E-state index in [0.29, 0.717) is 5.69 Å². The van der Waals surface area contributed by atoms with Crippen molar-refractivity contribution in [2.45, 2.75) is 31.7 Å². The van der Waals surface area contributed by atoms with Crippen LogP contribution in [0.15, 0.2) is 42.9 Å². The van der Waals surface area contributed by atoms with Gasteiger partial charge in [0.05, 0.1) is 17.9 Å². The zero-order chi connectivity index (χ0) is 17.6. The first kappa shape index (κ1) is 17.2. The first-order valence-electron chi connectivity index (χ1n) is 8.76. The Morgan fingerprint density at radius 1 is 1.16 bits per heavy atom. The van der Waals surface area contributed by atoms with Crippen LogP contribution in [0.1, 0.15) is 37.3 Å². The van der Waals surface area contributed by atoms with Crippen molar-refractivity contribution in [2.75, 3.05) is 30.9 Å². The average Bonchev–Trinajstić information content (AvgIpc) is 2.89. The van der Waals surface area contributed by atoms with E-state index in [2.05, 4.69) is 15.3 Å². The fourth-order valence-corrected chi connectivity index (χ4v) is 3.20. The summed E-state index contributed by atoms with van der Waals surface area (Å²) < 4.78 is 0. The third-order valence-electron chi connectivity index (χ3n) is 4.56. The van der Waals surface area contributed by atoms with E-state index in [0.717, 1.165) is 43.6 Å². The molecule has 1 fully saturated rings. The molecular weight excluding hydrogens is 314 g/mol. The molecule has 25 heavy (non-hydrogen) atoms. The molecule has 1 aliphatic heterocycles. The van der Waals surface area contributed by atoms with Crippen LogP contribution in [0.4, 0.5) is 16.3 Å². The first-order valence-corrected chi connectivity index (χ1v) is 8.76. The van der Waals surface area contributed by atoms with Gasteiger partial charge in [0.2, 0.25) is 0 Å². The molecule has 1 aliphatic rings. The molecule has 0 aliphatic carbocycles. The first-order chi connectivity index (χ1) is 12.1. The summed E-state index contributed by atoms with van der Waals surface area (Å²) in [6.45, 7) is 0.766. The van der Waals surface area contributed by atoms with Crippen LogP contribution in [0.5, 0.6) is 0 Å². The van der Waals surface area contributed by atoms with Gasteiger partial charge in [-0.25, -0.2) is 9.78 Å². The molecule has 2 aromatic heterocycles. The highest BCUT2D eigenvalue weighted by Crippen LogP contribution is 2.30. The minimum atomic E-state index is -0.0666. The maximum atomic E-state index is 12.9. The van der Waals surface area contributed by atoms with Gasteiger partial charge in [0.1, 0.15) is 5.82 Å². The highest BCUT2D eigenvalue weighted by atomic mass is 16.2. The van der Waals surface area contributed by atoms with E-state index in [4.69, 9.17) is 0 Å². The molecule has 0 spiro atoms. The number of carbonyl (C=O) groups excluding carboxylic acids is 1. The number of nitrogens with zero attached hydrogens (tertiary/aromatic N) is 4. The Bertz CT molecular complexity index is 687. The van der Waals surface area contributed by atoms with Crippen molar-refractivity contribution in [1.82, 2.24) is 14.9 Å². The molecule has 3 heterocycles.